The summed E-state index contributed by atoms with van der Waals surface area (Å²) in [6, 6.07) is 6.83. The lowest BCUT2D eigenvalue weighted by Crippen LogP contribution is -1.88. The molecule has 0 N–H and O–H groups in total. The smallest absolute Gasteiger partial charge is 0.168 e. The first-order valence-corrected chi connectivity index (χ1v) is 5.40. The van der Waals surface area contributed by atoms with E-state index in [-0.39, 0.29) is 0 Å². The predicted molar refractivity (Wildman–Crippen MR) is 58.9 cm³/mol. The molecule has 1 rings (SSSR count). The van der Waals surface area contributed by atoms with Crippen LogP contribution in [0.3, 0.4) is 0 Å². The second kappa shape index (κ2) is 4.77. The van der Waals surface area contributed by atoms with E-state index >= 15 is 0 Å². The first-order valence-electron chi connectivity index (χ1n) is 4.22. The molecule has 0 atom stereocenters. The van der Waals surface area contributed by atoms with Crippen molar-refractivity contribution in [1.82, 2.24) is 0 Å². The van der Waals surface area contributed by atoms with E-state index in [9.17, 15) is 8.42 Å². The highest BCUT2D eigenvalue weighted by Crippen LogP contribution is 2.19. The number of thiol groups is 1. The van der Waals surface area contributed by atoms with Crippen LogP contribution in [-0.4, -0.2) is 8.42 Å². The van der Waals surface area contributed by atoms with Gasteiger partial charge >= 0.3 is 0 Å². The monoisotopic (exact) mass is 208 g/mol. The summed E-state index contributed by atoms with van der Waals surface area (Å²) in [5, 5.41) is 0. The van der Waals surface area contributed by atoms with Crippen molar-refractivity contribution in [1.29, 1.82) is 0 Å². The second-order valence-corrected chi connectivity index (χ2v) is 3.80. The third-order valence-electron chi connectivity index (χ3n) is 1.81. The first-order chi connectivity index (χ1) is 6.66. The molecule has 14 heavy (non-hydrogen) atoms. The van der Waals surface area contributed by atoms with Crippen LogP contribution in [0.1, 0.15) is 12.5 Å². The molecule has 2 nitrogen and oxygen atoms in total. The van der Waals surface area contributed by atoms with Crippen molar-refractivity contribution in [3.63, 3.8) is 0 Å². The van der Waals surface area contributed by atoms with E-state index in [1.807, 2.05) is 13.0 Å². The zero-order valence-electron chi connectivity index (χ0n) is 7.93. The zero-order valence-corrected chi connectivity index (χ0v) is 8.83. The summed E-state index contributed by atoms with van der Waals surface area (Å²) in [4.78, 5) is 0.325. The SMILES string of the molecule is C=C(/C=C\C)c1ccccc1[SH](=O)=O. The fourth-order valence-corrected chi connectivity index (χ4v) is 1.82. The molecule has 0 aliphatic heterocycles. The Morgan fingerprint density at radius 1 is 1.36 bits per heavy atom. The van der Waals surface area contributed by atoms with Crippen LogP contribution in [0.2, 0.25) is 0 Å². The summed E-state index contributed by atoms with van der Waals surface area (Å²) in [5.74, 6) is 0. The minimum Gasteiger partial charge on any atom is -0.227 e. The maximum Gasteiger partial charge on any atom is 0.168 e. The van der Waals surface area contributed by atoms with Gasteiger partial charge in [0.2, 0.25) is 0 Å². The Balaban J connectivity index is 3.26. The molecular formula is C11H12O2S. The molecule has 0 fully saturated rings. The highest BCUT2D eigenvalue weighted by atomic mass is 32.2. The van der Waals surface area contributed by atoms with Gasteiger partial charge in [-0.2, -0.15) is 0 Å². The molecule has 0 aliphatic rings. The van der Waals surface area contributed by atoms with Crippen molar-refractivity contribution in [3.8, 4) is 0 Å². The van der Waals surface area contributed by atoms with Gasteiger partial charge in [-0.15, -0.1) is 0 Å². The number of hydrogen-bond acceptors (Lipinski definition) is 2. The predicted octanol–water partition coefficient (Wildman–Crippen LogP) is 2.25. The van der Waals surface area contributed by atoms with Crippen molar-refractivity contribution in [2.45, 2.75) is 11.8 Å². The Morgan fingerprint density at radius 2 is 2.00 bits per heavy atom. The largest absolute Gasteiger partial charge is 0.227 e. The van der Waals surface area contributed by atoms with Crippen molar-refractivity contribution in [2.24, 2.45) is 0 Å². The molecule has 0 radical (unpaired) electrons. The standard InChI is InChI=1S/C11H12O2S/c1-3-6-9(2)10-7-4-5-8-11(10)14(12)13/h3-8,14H,2H2,1H3/b6-3-. The molecular weight excluding hydrogens is 196 g/mol. The minimum atomic E-state index is -2.55. The van der Waals surface area contributed by atoms with E-state index in [4.69, 9.17) is 0 Å². The number of hydrogen-bond donors (Lipinski definition) is 1. The van der Waals surface area contributed by atoms with Crippen LogP contribution in [0.4, 0.5) is 0 Å². The molecule has 74 valence electrons. The van der Waals surface area contributed by atoms with Crippen molar-refractivity contribution in [2.75, 3.05) is 0 Å². The first kappa shape index (κ1) is 10.7. The van der Waals surface area contributed by atoms with Gasteiger partial charge in [-0.25, -0.2) is 8.42 Å². The highest BCUT2D eigenvalue weighted by Gasteiger charge is 2.04. The fourth-order valence-electron chi connectivity index (χ4n) is 1.20. The lowest BCUT2D eigenvalue weighted by molar-refractivity contribution is 0.614. The van der Waals surface area contributed by atoms with Gasteiger partial charge < -0.3 is 0 Å². The van der Waals surface area contributed by atoms with E-state index in [0.29, 0.717) is 16.0 Å². The average molecular weight is 208 g/mol. The van der Waals surface area contributed by atoms with Crippen LogP contribution >= 0.6 is 0 Å². The Kier molecular flexibility index (Phi) is 3.65. The summed E-state index contributed by atoms with van der Waals surface area (Å²) < 4.78 is 21.8. The summed E-state index contributed by atoms with van der Waals surface area (Å²) in [5.41, 5.74) is 1.38. The number of benzene rings is 1. The topological polar surface area (TPSA) is 34.1 Å². The van der Waals surface area contributed by atoms with Gasteiger partial charge in [-0.3, -0.25) is 0 Å². The molecule has 0 saturated heterocycles. The third kappa shape index (κ3) is 2.33. The van der Waals surface area contributed by atoms with Gasteiger partial charge in [0.25, 0.3) is 0 Å². The van der Waals surface area contributed by atoms with E-state index in [1.54, 1.807) is 30.3 Å². The number of rotatable bonds is 3. The molecule has 0 aromatic heterocycles. The lowest BCUT2D eigenvalue weighted by atomic mass is 10.1. The number of allylic oxidation sites excluding steroid dienone is 3. The van der Waals surface area contributed by atoms with Gasteiger partial charge in [-0.05, 0) is 24.1 Å². The maximum absolute atomic E-state index is 10.9. The van der Waals surface area contributed by atoms with Gasteiger partial charge in [-0.1, -0.05) is 36.9 Å². The zero-order chi connectivity index (χ0) is 10.6. The average Bonchev–Trinajstić information content (AvgIpc) is 2.18. The van der Waals surface area contributed by atoms with Crippen LogP contribution in [-0.2, 0) is 10.7 Å². The molecule has 0 unspecified atom stereocenters. The summed E-state index contributed by atoms with van der Waals surface area (Å²) in [6.45, 7) is 5.67. The molecule has 1 aromatic carbocycles. The highest BCUT2D eigenvalue weighted by molar-refractivity contribution is 7.72. The fraction of sp³-hybridized carbons (Fsp3) is 0.0909. The third-order valence-corrected chi connectivity index (χ3v) is 2.60. The Morgan fingerprint density at radius 3 is 2.57 bits per heavy atom. The van der Waals surface area contributed by atoms with Gasteiger partial charge in [0, 0.05) is 0 Å². The van der Waals surface area contributed by atoms with Crippen molar-refractivity contribution >= 4 is 16.3 Å². The van der Waals surface area contributed by atoms with Gasteiger partial charge in [0.15, 0.2) is 10.7 Å². The molecule has 0 amide bonds. The van der Waals surface area contributed by atoms with E-state index in [2.05, 4.69) is 6.58 Å². The molecule has 3 heteroatoms. The molecule has 0 aliphatic carbocycles. The van der Waals surface area contributed by atoms with Crippen LogP contribution in [0.15, 0.2) is 47.9 Å². The summed E-state index contributed by atoms with van der Waals surface area (Å²) in [7, 11) is -2.55. The lowest BCUT2D eigenvalue weighted by Gasteiger charge is -2.02. The minimum absolute atomic E-state index is 0.325. The van der Waals surface area contributed by atoms with Crippen LogP contribution in [0.5, 0.6) is 0 Å². The van der Waals surface area contributed by atoms with Gasteiger partial charge in [0.05, 0.1) is 4.90 Å². The quantitative estimate of drug-likeness (QED) is 0.610. The van der Waals surface area contributed by atoms with Gasteiger partial charge in [0.1, 0.15) is 0 Å². The van der Waals surface area contributed by atoms with E-state index < -0.39 is 10.7 Å². The molecule has 0 spiro atoms. The van der Waals surface area contributed by atoms with Crippen LogP contribution in [0, 0.1) is 0 Å². The second-order valence-electron chi connectivity index (χ2n) is 2.80. The van der Waals surface area contributed by atoms with Crippen LogP contribution in [0.25, 0.3) is 5.57 Å². The molecule has 0 saturated carbocycles. The maximum atomic E-state index is 10.9. The summed E-state index contributed by atoms with van der Waals surface area (Å²) >= 11 is 0. The van der Waals surface area contributed by atoms with E-state index in [0.717, 1.165) is 0 Å². The molecule has 0 heterocycles. The van der Waals surface area contributed by atoms with Crippen LogP contribution < -0.4 is 0 Å². The summed E-state index contributed by atoms with van der Waals surface area (Å²) in [6.07, 6.45) is 3.62. The molecule has 1 aromatic rings. The van der Waals surface area contributed by atoms with E-state index in [1.165, 1.54) is 0 Å². The van der Waals surface area contributed by atoms with Crippen molar-refractivity contribution in [3.05, 3.63) is 48.6 Å². The molecule has 0 bridgehead atoms. The normalized spacial score (nSPS) is 11.0. The Hall–Kier alpha value is -1.35. The van der Waals surface area contributed by atoms with Crippen molar-refractivity contribution < 1.29 is 8.42 Å². The Labute approximate surface area is 85.5 Å². The Bertz CT molecular complexity index is 434.